The largest absolute Gasteiger partial charge is 0.417 e. The monoisotopic (exact) mass is 478 g/mol. The molecule has 0 aliphatic heterocycles. The maximum atomic E-state index is 13.0. The number of benzene rings is 3. The smallest absolute Gasteiger partial charge is 0.406 e. The number of aromatic nitrogens is 1. The second-order valence-corrected chi connectivity index (χ2v) is 8.80. The minimum Gasteiger partial charge on any atom is -0.406 e. The van der Waals surface area contributed by atoms with Gasteiger partial charge in [-0.2, -0.15) is 0 Å². The van der Waals surface area contributed by atoms with E-state index >= 15 is 0 Å². The van der Waals surface area contributed by atoms with Crippen LogP contribution >= 0.6 is 27.5 Å². The molecule has 142 valence electrons. The molecule has 2 N–H and O–H groups in total. The third-order valence-corrected chi connectivity index (χ3v) is 6.88. The van der Waals surface area contributed by atoms with Gasteiger partial charge in [-0.3, -0.25) is 9.71 Å². The number of H-pyrrole nitrogens is 1. The second-order valence-electron chi connectivity index (χ2n) is 5.95. The van der Waals surface area contributed by atoms with Crippen molar-refractivity contribution in [1.29, 1.82) is 0 Å². The molecule has 0 radical (unpaired) electrons. The van der Waals surface area contributed by atoms with E-state index in [1.54, 1.807) is 18.2 Å². The second kappa shape index (κ2) is 7.12. The molecule has 4 rings (SSSR count). The van der Waals surface area contributed by atoms with Crippen LogP contribution in [-0.4, -0.2) is 13.4 Å². The normalized spacial score (nSPS) is 11.6. The lowest BCUT2D eigenvalue weighted by Crippen LogP contribution is -2.14. The van der Waals surface area contributed by atoms with Crippen LogP contribution < -0.4 is 10.5 Å². The highest BCUT2D eigenvalue weighted by atomic mass is 79.9. The first-order valence-corrected chi connectivity index (χ1v) is 10.7. The molecule has 3 aromatic carbocycles. The number of halogens is 2. The average molecular weight is 480 g/mol. The van der Waals surface area contributed by atoms with Gasteiger partial charge in [0.15, 0.2) is 5.58 Å². The van der Waals surface area contributed by atoms with Crippen LogP contribution in [0.4, 0.5) is 5.69 Å². The third-order valence-electron chi connectivity index (χ3n) is 4.05. The van der Waals surface area contributed by atoms with Gasteiger partial charge in [-0.15, -0.1) is 0 Å². The van der Waals surface area contributed by atoms with Gasteiger partial charge >= 0.3 is 5.76 Å². The number of rotatable bonds is 4. The molecule has 0 saturated heterocycles. The zero-order valence-corrected chi connectivity index (χ0v) is 17.2. The first-order chi connectivity index (χ1) is 13.3. The molecule has 0 spiro atoms. The molecule has 0 bridgehead atoms. The minimum absolute atomic E-state index is 0.0201. The number of anilines is 1. The van der Waals surface area contributed by atoms with Crippen LogP contribution in [0.1, 0.15) is 0 Å². The van der Waals surface area contributed by atoms with Crippen molar-refractivity contribution in [2.45, 2.75) is 4.90 Å². The Morgan fingerprint density at radius 1 is 1.00 bits per heavy atom. The van der Waals surface area contributed by atoms with Gasteiger partial charge in [-0.1, -0.05) is 54.1 Å². The summed E-state index contributed by atoms with van der Waals surface area (Å²) in [4.78, 5) is 13.6. The van der Waals surface area contributed by atoms with E-state index in [-0.39, 0.29) is 20.0 Å². The zero-order chi connectivity index (χ0) is 19.9. The molecule has 6 nitrogen and oxygen atoms in total. The highest BCUT2D eigenvalue weighted by Gasteiger charge is 2.26. The Hall–Kier alpha value is -2.55. The maximum Gasteiger partial charge on any atom is 0.417 e. The summed E-state index contributed by atoms with van der Waals surface area (Å²) < 4.78 is 33.7. The van der Waals surface area contributed by atoms with E-state index in [0.717, 1.165) is 11.1 Å². The van der Waals surface area contributed by atoms with E-state index in [1.165, 1.54) is 6.07 Å². The van der Waals surface area contributed by atoms with Gasteiger partial charge in [0.2, 0.25) is 0 Å². The van der Waals surface area contributed by atoms with Crippen LogP contribution in [0, 0.1) is 0 Å². The molecule has 0 atom stereocenters. The van der Waals surface area contributed by atoms with Crippen LogP contribution in [0.25, 0.3) is 22.2 Å². The molecule has 28 heavy (non-hydrogen) atoms. The lowest BCUT2D eigenvalue weighted by molar-refractivity contribution is 0.554. The van der Waals surface area contributed by atoms with E-state index in [0.29, 0.717) is 11.2 Å². The molecule has 0 aliphatic rings. The summed E-state index contributed by atoms with van der Waals surface area (Å²) in [6.45, 7) is 0. The molecule has 0 fully saturated rings. The Balaban J connectivity index is 1.77. The standard InChI is InChI=1S/C19H12BrClN2O4S/c20-14-10-15-17(27-19(24)22-15)16(21)18(14)28(25,26)23-13-8-4-7-12(9-13)11-5-2-1-3-6-11/h1-10,23H,(H,22,24). The van der Waals surface area contributed by atoms with E-state index < -0.39 is 15.8 Å². The van der Waals surface area contributed by atoms with E-state index in [2.05, 4.69) is 25.6 Å². The van der Waals surface area contributed by atoms with Crippen LogP contribution in [0.3, 0.4) is 0 Å². The molecule has 4 aromatic rings. The molecule has 0 amide bonds. The van der Waals surface area contributed by atoms with Gasteiger partial charge in [0, 0.05) is 10.2 Å². The number of hydrogen-bond acceptors (Lipinski definition) is 4. The fourth-order valence-electron chi connectivity index (χ4n) is 2.85. The van der Waals surface area contributed by atoms with E-state index in [4.69, 9.17) is 16.0 Å². The summed E-state index contributed by atoms with van der Waals surface area (Å²) in [5, 5.41) is -0.186. The van der Waals surface area contributed by atoms with Crippen molar-refractivity contribution in [3.05, 3.63) is 80.7 Å². The van der Waals surface area contributed by atoms with Crippen molar-refractivity contribution >= 4 is 54.3 Å². The Morgan fingerprint density at radius 2 is 1.71 bits per heavy atom. The SMILES string of the molecule is O=c1[nH]c2cc(Br)c(S(=O)(=O)Nc3cccc(-c4ccccc4)c3)c(Cl)c2o1. The first-order valence-electron chi connectivity index (χ1n) is 8.04. The summed E-state index contributed by atoms with van der Waals surface area (Å²) in [5.41, 5.74) is 2.47. The molecule has 1 heterocycles. The number of nitrogens with one attached hydrogen (secondary N) is 2. The number of aromatic amines is 1. The number of fused-ring (bicyclic) bond motifs is 1. The average Bonchev–Trinajstić information content (AvgIpc) is 3.02. The minimum atomic E-state index is -4.06. The highest BCUT2D eigenvalue weighted by molar-refractivity contribution is 9.10. The van der Waals surface area contributed by atoms with Crippen molar-refractivity contribution in [2.24, 2.45) is 0 Å². The molecular weight excluding hydrogens is 468 g/mol. The van der Waals surface area contributed by atoms with Gasteiger partial charge in [-0.05, 0) is 45.3 Å². The van der Waals surface area contributed by atoms with Crippen LogP contribution in [0.5, 0.6) is 0 Å². The fraction of sp³-hybridized carbons (Fsp3) is 0. The van der Waals surface area contributed by atoms with Crippen molar-refractivity contribution in [3.63, 3.8) is 0 Å². The Labute approximate surface area is 173 Å². The Kier molecular flexibility index (Phi) is 4.78. The predicted octanol–water partition coefficient (Wildman–Crippen LogP) is 5.00. The van der Waals surface area contributed by atoms with Crippen LogP contribution in [0.15, 0.2) is 79.2 Å². The molecule has 0 aliphatic carbocycles. The summed E-state index contributed by atoms with van der Waals surface area (Å²) in [6, 6.07) is 18.0. The van der Waals surface area contributed by atoms with Gasteiger partial charge in [0.25, 0.3) is 10.0 Å². The third kappa shape index (κ3) is 3.46. The molecule has 0 saturated carbocycles. The lowest BCUT2D eigenvalue weighted by atomic mass is 10.1. The Bertz CT molecular complexity index is 1350. The van der Waals surface area contributed by atoms with Crippen molar-refractivity contribution < 1.29 is 12.8 Å². The summed E-state index contributed by atoms with van der Waals surface area (Å²) in [7, 11) is -4.06. The zero-order valence-electron chi connectivity index (χ0n) is 14.1. The van der Waals surface area contributed by atoms with E-state index in [1.807, 2.05) is 36.4 Å². The fourth-order valence-corrected chi connectivity index (χ4v) is 5.76. The van der Waals surface area contributed by atoms with Gasteiger partial charge in [0.1, 0.15) is 9.92 Å². The Morgan fingerprint density at radius 3 is 2.46 bits per heavy atom. The van der Waals surface area contributed by atoms with Gasteiger partial charge in [-0.25, -0.2) is 13.2 Å². The summed E-state index contributed by atoms with van der Waals surface area (Å²) in [6.07, 6.45) is 0. The van der Waals surface area contributed by atoms with Crippen molar-refractivity contribution in [2.75, 3.05) is 4.72 Å². The van der Waals surface area contributed by atoms with Crippen molar-refractivity contribution in [1.82, 2.24) is 4.98 Å². The van der Waals surface area contributed by atoms with Crippen LogP contribution in [-0.2, 0) is 10.0 Å². The number of hydrogen-bond donors (Lipinski definition) is 2. The molecular formula is C19H12BrClN2O4S. The summed E-state index contributed by atoms with van der Waals surface area (Å²) >= 11 is 9.45. The summed E-state index contributed by atoms with van der Waals surface area (Å²) in [5.74, 6) is -0.720. The van der Waals surface area contributed by atoms with Gasteiger partial charge in [0.05, 0.1) is 5.52 Å². The quantitative estimate of drug-likeness (QED) is 0.430. The van der Waals surface area contributed by atoms with E-state index in [9.17, 15) is 13.2 Å². The molecule has 1 aromatic heterocycles. The molecule has 0 unspecified atom stereocenters. The number of sulfonamides is 1. The lowest BCUT2D eigenvalue weighted by Gasteiger charge is -2.12. The first kappa shape index (κ1) is 18.8. The topological polar surface area (TPSA) is 92.2 Å². The van der Waals surface area contributed by atoms with Crippen LogP contribution in [0.2, 0.25) is 5.02 Å². The van der Waals surface area contributed by atoms with Gasteiger partial charge < -0.3 is 4.42 Å². The highest BCUT2D eigenvalue weighted by Crippen LogP contribution is 2.36. The van der Waals surface area contributed by atoms with Crippen molar-refractivity contribution in [3.8, 4) is 11.1 Å². The molecule has 9 heteroatoms. The maximum absolute atomic E-state index is 13.0. The predicted molar refractivity (Wildman–Crippen MR) is 112 cm³/mol. The number of oxazole rings is 1.